The van der Waals surface area contributed by atoms with Gasteiger partial charge in [0.05, 0.1) is 6.61 Å². The van der Waals surface area contributed by atoms with E-state index < -0.39 is 0 Å². The lowest BCUT2D eigenvalue weighted by Gasteiger charge is -2.08. The van der Waals surface area contributed by atoms with Gasteiger partial charge in [-0.15, -0.1) is 0 Å². The number of aliphatic hydroxyl groups excluding tert-OH is 1. The SMILES string of the molecule is Cc1ccc(CNCc2cccc(CO)c2)cc1C. The van der Waals surface area contributed by atoms with Gasteiger partial charge in [0, 0.05) is 13.1 Å². The number of hydrogen-bond donors (Lipinski definition) is 2. The molecular weight excluding hydrogens is 234 g/mol. The fourth-order valence-corrected chi connectivity index (χ4v) is 2.10. The Morgan fingerprint density at radius 3 is 2.21 bits per heavy atom. The molecule has 0 fully saturated rings. The molecule has 0 saturated heterocycles. The zero-order valence-electron chi connectivity index (χ0n) is 11.6. The molecule has 2 rings (SSSR count). The molecule has 0 unspecified atom stereocenters. The highest BCUT2D eigenvalue weighted by molar-refractivity contribution is 5.30. The van der Waals surface area contributed by atoms with E-state index in [0.717, 1.165) is 18.7 Å². The van der Waals surface area contributed by atoms with Gasteiger partial charge in [-0.2, -0.15) is 0 Å². The third kappa shape index (κ3) is 3.91. The third-order valence-electron chi connectivity index (χ3n) is 3.40. The van der Waals surface area contributed by atoms with Crippen LogP contribution in [0, 0.1) is 13.8 Å². The van der Waals surface area contributed by atoms with Crippen molar-refractivity contribution in [1.29, 1.82) is 0 Å². The molecule has 2 aromatic rings. The van der Waals surface area contributed by atoms with Crippen molar-refractivity contribution in [3.63, 3.8) is 0 Å². The summed E-state index contributed by atoms with van der Waals surface area (Å²) in [5.74, 6) is 0. The van der Waals surface area contributed by atoms with Gasteiger partial charge in [-0.05, 0) is 41.7 Å². The lowest BCUT2D eigenvalue weighted by atomic mass is 10.1. The Bertz CT molecular complexity index is 549. The summed E-state index contributed by atoms with van der Waals surface area (Å²) in [5.41, 5.74) is 6.14. The Balaban J connectivity index is 1.90. The highest BCUT2D eigenvalue weighted by Gasteiger charge is 1.98. The molecule has 19 heavy (non-hydrogen) atoms. The maximum absolute atomic E-state index is 9.10. The molecule has 2 N–H and O–H groups in total. The van der Waals surface area contributed by atoms with E-state index in [2.05, 4.69) is 43.4 Å². The molecule has 0 aliphatic carbocycles. The van der Waals surface area contributed by atoms with E-state index in [1.807, 2.05) is 18.2 Å². The maximum atomic E-state index is 9.10. The molecule has 2 nitrogen and oxygen atoms in total. The van der Waals surface area contributed by atoms with Crippen LogP contribution in [0.5, 0.6) is 0 Å². The average Bonchev–Trinajstić information content (AvgIpc) is 2.43. The normalized spacial score (nSPS) is 10.7. The van der Waals surface area contributed by atoms with Gasteiger partial charge in [-0.3, -0.25) is 0 Å². The zero-order chi connectivity index (χ0) is 13.7. The van der Waals surface area contributed by atoms with E-state index in [4.69, 9.17) is 5.11 Å². The Hall–Kier alpha value is -1.64. The second-order valence-corrected chi connectivity index (χ2v) is 5.00. The first kappa shape index (κ1) is 13.8. The van der Waals surface area contributed by atoms with E-state index in [9.17, 15) is 0 Å². The summed E-state index contributed by atoms with van der Waals surface area (Å²) in [6, 6.07) is 14.6. The summed E-state index contributed by atoms with van der Waals surface area (Å²) >= 11 is 0. The molecule has 0 amide bonds. The van der Waals surface area contributed by atoms with Crippen LogP contribution >= 0.6 is 0 Å². The van der Waals surface area contributed by atoms with Crippen molar-refractivity contribution in [1.82, 2.24) is 5.32 Å². The summed E-state index contributed by atoms with van der Waals surface area (Å²) in [7, 11) is 0. The minimum Gasteiger partial charge on any atom is -0.392 e. The highest BCUT2D eigenvalue weighted by Crippen LogP contribution is 2.10. The molecule has 100 valence electrons. The molecule has 0 saturated carbocycles. The van der Waals surface area contributed by atoms with Crippen molar-refractivity contribution in [3.8, 4) is 0 Å². The van der Waals surface area contributed by atoms with Crippen LogP contribution in [0.2, 0.25) is 0 Å². The molecule has 0 heterocycles. The fourth-order valence-electron chi connectivity index (χ4n) is 2.10. The van der Waals surface area contributed by atoms with Crippen molar-refractivity contribution in [2.45, 2.75) is 33.5 Å². The molecule has 2 heteroatoms. The van der Waals surface area contributed by atoms with E-state index in [-0.39, 0.29) is 6.61 Å². The highest BCUT2D eigenvalue weighted by atomic mass is 16.3. The van der Waals surface area contributed by atoms with Crippen LogP contribution in [-0.2, 0) is 19.7 Å². The number of nitrogens with one attached hydrogen (secondary N) is 1. The molecule has 0 aromatic heterocycles. The second-order valence-electron chi connectivity index (χ2n) is 5.00. The van der Waals surface area contributed by atoms with Crippen molar-refractivity contribution >= 4 is 0 Å². The number of rotatable bonds is 5. The predicted molar refractivity (Wildman–Crippen MR) is 78.8 cm³/mol. The molecule has 0 aliphatic rings. The van der Waals surface area contributed by atoms with E-state index in [1.54, 1.807) is 0 Å². The molecule has 0 aliphatic heterocycles. The summed E-state index contributed by atoms with van der Waals surface area (Å²) < 4.78 is 0. The second kappa shape index (κ2) is 6.50. The monoisotopic (exact) mass is 255 g/mol. The van der Waals surface area contributed by atoms with Crippen LogP contribution in [0.4, 0.5) is 0 Å². The average molecular weight is 255 g/mol. The van der Waals surface area contributed by atoms with Crippen LogP contribution in [0.15, 0.2) is 42.5 Å². The summed E-state index contributed by atoms with van der Waals surface area (Å²) in [5, 5.41) is 12.5. The first-order chi connectivity index (χ1) is 9.19. The Morgan fingerprint density at radius 2 is 1.53 bits per heavy atom. The summed E-state index contributed by atoms with van der Waals surface area (Å²) in [6.45, 7) is 6.06. The minimum absolute atomic E-state index is 0.102. The van der Waals surface area contributed by atoms with Crippen LogP contribution in [-0.4, -0.2) is 5.11 Å². The van der Waals surface area contributed by atoms with Gasteiger partial charge in [-0.1, -0.05) is 42.5 Å². The Morgan fingerprint density at radius 1 is 0.842 bits per heavy atom. The largest absolute Gasteiger partial charge is 0.392 e. The molecule has 0 bridgehead atoms. The van der Waals surface area contributed by atoms with Crippen LogP contribution in [0.3, 0.4) is 0 Å². The van der Waals surface area contributed by atoms with Gasteiger partial charge in [-0.25, -0.2) is 0 Å². The Labute approximate surface area is 115 Å². The molecular formula is C17H21NO. The van der Waals surface area contributed by atoms with Crippen molar-refractivity contribution in [2.75, 3.05) is 0 Å². The van der Waals surface area contributed by atoms with Crippen LogP contribution in [0.25, 0.3) is 0 Å². The first-order valence-electron chi connectivity index (χ1n) is 6.64. The van der Waals surface area contributed by atoms with Crippen LogP contribution in [0.1, 0.15) is 27.8 Å². The van der Waals surface area contributed by atoms with Crippen molar-refractivity contribution < 1.29 is 5.11 Å². The van der Waals surface area contributed by atoms with Gasteiger partial charge in [0.2, 0.25) is 0 Å². The topological polar surface area (TPSA) is 32.3 Å². The number of aliphatic hydroxyl groups is 1. The van der Waals surface area contributed by atoms with Gasteiger partial charge in [0.1, 0.15) is 0 Å². The lowest BCUT2D eigenvalue weighted by Crippen LogP contribution is -2.13. The van der Waals surface area contributed by atoms with Gasteiger partial charge in [0.15, 0.2) is 0 Å². The minimum atomic E-state index is 0.102. The van der Waals surface area contributed by atoms with Gasteiger partial charge in [0.25, 0.3) is 0 Å². The van der Waals surface area contributed by atoms with Crippen molar-refractivity contribution in [2.24, 2.45) is 0 Å². The fraction of sp³-hybridized carbons (Fsp3) is 0.294. The van der Waals surface area contributed by atoms with Gasteiger partial charge >= 0.3 is 0 Å². The smallest absolute Gasteiger partial charge is 0.0681 e. The quantitative estimate of drug-likeness (QED) is 0.860. The van der Waals surface area contributed by atoms with Gasteiger partial charge < -0.3 is 10.4 Å². The summed E-state index contributed by atoms with van der Waals surface area (Å²) in [6.07, 6.45) is 0. The predicted octanol–water partition coefficient (Wildman–Crippen LogP) is 3.09. The van der Waals surface area contributed by atoms with Crippen LogP contribution < -0.4 is 5.32 Å². The molecule has 0 spiro atoms. The number of hydrogen-bond acceptors (Lipinski definition) is 2. The third-order valence-corrected chi connectivity index (χ3v) is 3.40. The molecule has 2 aromatic carbocycles. The zero-order valence-corrected chi connectivity index (χ0v) is 11.6. The van der Waals surface area contributed by atoms with E-state index >= 15 is 0 Å². The lowest BCUT2D eigenvalue weighted by molar-refractivity contribution is 0.281. The molecule has 0 atom stereocenters. The van der Waals surface area contributed by atoms with Crippen molar-refractivity contribution in [3.05, 3.63) is 70.3 Å². The first-order valence-corrected chi connectivity index (χ1v) is 6.64. The number of benzene rings is 2. The van der Waals surface area contributed by atoms with E-state index in [0.29, 0.717) is 0 Å². The number of aryl methyl sites for hydroxylation is 2. The standard InChI is InChI=1S/C17H21NO/c1-13-6-7-16(8-14(13)2)11-18-10-15-4-3-5-17(9-15)12-19/h3-9,18-19H,10-12H2,1-2H3. The Kier molecular flexibility index (Phi) is 4.72. The summed E-state index contributed by atoms with van der Waals surface area (Å²) in [4.78, 5) is 0. The molecule has 0 radical (unpaired) electrons. The maximum Gasteiger partial charge on any atom is 0.0681 e. The van der Waals surface area contributed by atoms with E-state index in [1.165, 1.54) is 22.3 Å².